The molecule has 0 atom stereocenters. The third-order valence-corrected chi connectivity index (χ3v) is 4.66. The second-order valence-corrected chi connectivity index (χ2v) is 5.91. The van der Waals surface area contributed by atoms with Crippen LogP contribution in [-0.4, -0.2) is 27.7 Å². The zero-order valence-corrected chi connectivity index (χ0v) is 12.2. The van der Waals surface area contributed by atoms with Gasteiger partial charge in [0, 0.05) is 11.6 Å². The first-order valence-electron chi connectivity index (χ1n) is 7.72. The highest BCUT2D eigenvalue weighted by atomic mass is 15.2. The maximum atomic E-state index is 2.45. The molecular formula is C20H16N2+2. The average Bonchev–Trinajstić information content (AvgIpc) is 3.13. The minimum Gasteiger partial charge on any atom is -0.159 e. The monoisotopic (exact) mass is 284 g/mol. The standard InChI is InChI=1S/C20H16N2/c1-3-9-17-15(6-1)8-5-11-19(17)22-13-12-21-14-16-7-2-4-10-18(16)20(21)22/h1-11,13H,12,14H2/q+2. The summed E-state index contributed by atoms with van der Waals surface area (Å²) < 4.78 is 4.82. The van der Waals surface area contributed by atoms with Crippen LogP contribution in [-0.2, 0) is 6.54 Å². The fourth-order valence-corrected chi connectivity index (χ4v) is 3.66. The van der Waals surface area contributed by atoms with Crippen LogP contribution in [0.2, 0.25) is 0 Å². The summed E-state index contributed by atoms with van der Waals surface area (Å²) in [5, 5.41) is 2.60. The smallest absolute Gasteiger partial charge is 0.159 e. The second-order valence-electron chi connectivity index (χ2n) is 5.91. The number of amidine groups is 1. The molecule has 0 unspecified atom stereocenters. The highest BCUT2D eigenvalue weighted by Crippen LogP contribution is 2.30. The van der Waals surface area contributed by atoms with Gasteiger partial charge in [0.05, 0.1) is 5.39 Å². The van der Waals surface area contributed by atoms with Crippen LogP contribution in [0.25, 0.3) is 10.8 Å². The molecule has 0 saturated carbocycles. The van der Waals surface area contributed by atoms with E-state index in [0.29, 0.717) is 0 Å². The van der Waals surface area contributed by atoms with E-state index in [1.807, 2.05) is 0 Å². The van der Waals surface area contributed by atoms with Gasteiger partial charge < -0.3 is 0 Å². The molecule has 5 rings (SSSR count). The summed E-state index contributed by atoms with van der Waals surface area (Å²) in [4.78, 5) is 0. The number of rotatable bonds is 1. The number of hydrogen-bond donors (Lipinski definition) is 0. The number of fused-ring (bicyclic) bond motifs is 3. The molecule has 0 spiro atoms. The van der Waals surface area contributed by atoms with Gasteiger partial charge in [-0.15, -0.1) is 4.58 Å². The number of nitrogens with zero attached hydrogens (tertiary/aromatic N) is 2. The van der Waals surface area contributed by atoms with Crippen LogP contribution in [0.3, 0.4) is 0 Å². The minimum absolute atomic E-state index is 0.979. The lowest BCUT2D eigenvalue weighted by Crippen LogP contribution is -2.17. The van der Waals surface area contributed by atoms with E-state index in [9.17, 15) is 0 Å². The largest absolute Gasteiger partial charge is 0.452 e. The van der Waals surface area contributed by atoms with Crippen molar-refractivity contribution in [3.8, 4) is 0 Å². The van der Waals surface area contributed by atoms with Crippen molar-refractivity contribution in [2.45, 2.75) is 6.54 Å². The fourth-order valence-electron chi connectivity index (χ4n) is 3.66. The Balaban J connectivity index is 1.74. The first kappa shape index (κ1) is 11.9. The van der Waals surface area contributed by atoms with E-state index in [1.165, 1.54) is 33.4 Å². The van der Waals surface area contributed by atoms with E-state index >= 15 is 0 Å². The van der Waals surface area contributed by atoms with E-state index in [0.717, 1.165) is 13.1 Å². The Kier molecular flexibility index (Phi) is 2.36. The molecule has 3 aromatic carbocycles. The van der Waals surface area contributed by atoms with Gasteiger partial charge in [-0.05, 0) is 17.5 Å². The molecule has 0 aliphatic carbocycles. The van der Waals surface area contributed by atoms with Gasteiger partial charge in [0.25, 0.3) is 0 Å². The summed E-state index contributed by atoms with van der Waals surface area (Å²) in [6, 6.07) is 23.9. The molecular weight excluding hydrogens is 268 g/mol. The second kappa shape index (κ2) is 4.38. The molecule has 0 N–H and O–H groups in total. The van der Waals surface area contributed by atoms with Crippen LogP contribution in [0, 0.1) is 0 Å². The summed E-state index contributed by atoms with van der Waals surface area (Å²) in [7, 11) is 0. The predicted molar refractivity (Wildman–Crippen MR) is 89.3 cm³/mol. The Bertz CT molecular complexity index is 974. The van der Waals surface area contributed by atoms with Crippen LogP contribution in [0.5, 0.6) is 0 Å². The predicted octanol–water partition coefficient (Wildman–Crippen LogP) is 3.54. The van der Waals surface area contributed by atoms with Crippen molar-refractivity contribution in [1.29, 1.82) is 0 Å². The van der Waals surface area contributed by atoms with Gasteiger partial charge in [0.1, 0.15) is 5.56 Å². The third-order valence-electron chi connectivity index (χ3n) is 4.66. The lowest BCUT2D eigenvalue weighted by molar-refractivity contribution is -0.540. The van der Waals surface area contributed by atoms with E-state index < -0.39 is 0 Å². The molecule has 2 aliphatic rings. The van der Waals surface area contributed by atoms with Crippen molar-refractivity contribution in [3.05, 3.63) is 77.9 Å². The SMILES string of the molecule is C1=[N+](c2cccc3ccccc23)C2=[N+](C1)Cc1ccccc12. The van der Waals surface area contributed by atoms with Crippen molar-refractivity contribution in [2.75, 3.05) is 6.54 Å². The lowest BCUT2D eigenvalue weighted by atomic mass is 10.1. The van der Waals surface area contributed by atoms with Crippen molar-refractivity contribution in [1.82, 2.24) is 0 Å². The first-order valence-corrected chi connectivity index (χ1v) is 7.72. The van der Waals surface area contributed by atoms with Crippen LogP contribution in [0.4, 0.5) is 5.69 Å². The highest BCUT2D eigenvalue weighted by Gasteiger charge is 2.43. The molecule has 0 aromatic heterocycles. The van der Waals surface area contributed by atoms with Gasteiger partial charge in [0.2, 0.25) is 18.4 Å². The summed E-state index contributed by atoms with van der Waals surface area (Å²) in [5.41, 5.74) is 4.06. The van der Waals surface area contributed by atoms with Gasteiger partial charge in [0.15, 0.2) is 6.54 Å². The molecule has 2 heterocycles. The van der Waals surface area contributed by atoms with Gasteiger partial charge in [-0.1, -0.05) is 48.5 Å². The Morgan fingerprint density at radius 3 is 2.59 bits per heavy atom. The summed E-state index contributed by atoms with van der Waals surface area (Å²) in [6.45, 7) is 2.00. The molecule has 3 aromatic rings. The molecule has 0 radical (unpaired) electrons. The van der Waals surface area contributed by atoms with Crippen LogP contribution >= 0.6 is 0 Å². The van der Waals surface area contributed by atoms with Crippen molar-refractivity contribution in [2.24, 2.45) is 0 Å². The summed E-state index contributed by atoms with van der Waals surface area (Å²) in [6.07, 6.45) is 2.30. The maximum Gasteiger partial charge on any atom is 0.452 e. The Labute approximate surface area is 129 Å². The normalized spacial score (nSPS) is 15.9. The number of benzene rings is 3. The van der Waals surface area contributed by atoms with Crippen LogP contribution in [0.1, 0.15) is 11.1 Å². The van der Waals surface area contributed by atoms with Gasteiger partial charge >= 0.3 is 5.84 Å². The summed E-state index contributed by atoms with van der Waals surface area (Å²) in [5.74, 6) is 1.33. The topological polar surface area (TPSA) is 6.02 Å². The Morgan fingerprint density at radius 1 is 0.773 bits per heavy atom. The van der Waals surface area contributed by atoms with Gasteiger partial charge in [-0.2, -0.15) is 4.58 Å². The number of hydrogen-bond acceptors (Lipinski definition) is 0. The average molecular weight is 284 g/mol. The Hall–Kier alpha value is -2.74. The highest BCUT2D eigenvalue weighted by molar-refractivity contribution is 6.00. The summed E-state index contributed by atoms with van der Waals surface area (Å²) >= 11 is 0. The molecule has 2 nitrogen and oxygen atoms in total. The van der Waals surface area contributed by atoms with E-state index in [-0.39, 0.29) is 0 Å². The Morgan fingerprint density at radius 2 is 1.59 bits per heavy atom. The zero-order chi connectivity index (χ0) is 14.5. The van der Waals surface area contributed by atoms with E-state index in [1.54, 1.807) is 0 Å². The quantitative estimate of drug-likeness (QED) is 0.603. The molecule has 0 bridgehead atoms. The zero-order valence-electron chi connectivity index (χ0n) is 12.2. The molecule has 0 fully saturated rings. The molecule has 2 heteroatoms. The van der Waals surface area contributed by atoms with Crippen molar-refractivity contribution in [3.63, 3.8) is 0 Å². The van der Waals surface area contributed by atoms with Gasteiger partial charge in [-0.3, -0.25) is 0 Å². The first-order chi connectivity index (χ1) is 10.9. The minimum atomic E-state index is 0.979. The lowest BCUT2D eigenvalue weighted by Gasteiger charge is -2.02. The molecule has 104 valence electrons. The molecule has 22 heavy (non-hydrogen) atoms. The van der Waals surface area contributed by atoms with Crippen LogP contribution in [0.15, 0.2) is 66.7 Å². The molecule has 2 aliphatic heterocycles. The van der Waals surface area contributed by atoms with E-state index in [2.05, 4.69) is 82.1 Å². The maximum absolute atomic E-state index is 2.45. The van der Waals surface area contributed by atoms with Crippen LogP contribution < -0.4 is 0 Å². The van der Waals surface area contributed by atoms with E-state index in [4.69, 9.17) is 0 Å². The molecule has 0 saturated heterocycles. The molecule has 0 amide bonds. The van der Waals surface area contributed by atoms with Crippen molar-refractivity contribution >= 4 is 28.5 Å². The third kappa shape index (κ3) is 1.55. The van der Waals surface area contributed by atoms with Gasteiger partial charge in [-0.25, -0.2) is 0 Å². The van der Waals surface area contributed by atoms with Crippen molar-refractivity contribution < 1.29 is 9.15 Å². The fraction of sp³-hybridized carbons (Fsp3) is 0.100.